The van der Waals surface area contributed by atoms with E-state index in [1.807, 2.05) is 36.5 Å². The normalized spacial score (nSPS) is 11.3. The summed E-state index contributed by atoms with van der Waals surface area (Å²) in [5.74, 6) is 0. The van der Waals surface area contributed by atoms with Crippen molar-refractivity contribution in [2.75, 3.05) is 0 Å². The van der Waals surface area contributed by atoms with Gasteiger partial charge in [-0.15, -0.1) is 0 Å². The summed E-state index contributed by atoms with van der Waals surface area (Å²) in [6, 6.07) is 35.1. The molecule has 4 rings (SSSR count). The molecule has 0 spiro atoms. The number of nitrogens with zero attached hydrogens (tertiary/aromatic N) is 1. The van der Waals surface area contributed by atoms with Gasteiger partial charge >= 0.3 is 0 Å². The van der Waals surface area contributed by atoms with E-state index in [0.29, 0.717) is 6.61 Å². The van der Waals surface area contributed by atoms with Crippen LogP contribution in [0.15, 0.2) is 114 Å². The SMILES string of the molecule is Brc1ccc(COC(c2ccccc2)(c2ccccc2)c2ccccc2)cn1. The number of aromatic nitrogens is 1. The number of pyridine rings is 1. The van der Waals surface area contributed by atoms with E-state index in [-0.39, 0.29) is 0 Å². The molecule has 28 heavy (non-hydrogen) atoms. The van der Waals surface area contributed by atoms with Crippen LogP contribution in [-0.2, 0) is 16.9 Å². The monoisotopic (exact) mass is 429 g/mol. The Balaban J connectivity index is 1.86. The molecule has 2 nitrogen and oxygen atoms in total. The molecule has 4 aromatic rings. The average molecular weight is 430 g/mol. The van der Waals surface area contributed by atoms with Gasteiger partial charge in [0.2, 0.25) is 0 Å². The molecule has 1 aromatic heterocycles. The Labute approximate surface area is 174 Å². The first-order valence-electron chi connectivity index (χ1n) is 9.20. The molecule has 0 aliphatic carbocycles. The van der Waals surface area contributed by atoms with E-state index in [4.69, 9.17) is 4.74 Å². The van der Waals surface area contributed by atoms with Gasteiger partial charge < -0.3 is 4.74 Å². The smallest absolute Gasteiger partial charge is 0.144 e. The summed E-state index contributed by atoms with van der Waals surface area (Å²) in [5.41, 5.74) is 3.60. The minimum absolute atomic E-state index is 0.443. The first-order chi connectivity index (χ1) is 13.8. The van der Waals surface area contributed by atoms with Gasteiger partial charge in [-0.1, -0.05) is 97.1 Å². The summed E-state index contributed by atoms with van der Waals surface area (Å²) in [6.07, 6.45) is 1.84. The van der Waals surface area contributed by atoms with E-state index in [1.54, 1.807) is 0 Å². The van der Waals surface area contributed by atoms with E-state index in [0.717, 1.165) is 26.9 Å². The van der Waals surface area contributed by atoms with Gasteiger partial charge in [0.05, 0.1) is 6.61 Å². The van der Waals surface area contributed by atoms with E-state index >= 15 is 0 Å². The molecule has 0 radical (unpaired) electrons. The summed E-state index contributed by atoms with van der Waals surface area (Å²) >= 11 is 3.39. The highest BCUT2D eigenvalue weighted by Crippen LogP contribution is 2.41. The topological polar surface area (TPSA) is 22.1 Å². The van der Waals surface area contributed by atoms with Crippen LogP contribution in [0.4, 0.5) is 0 Å². The summed E-state index contributed by atoms with van der Waals surface area (Å²) in [5, 5.41) is 0. The van der Waals surface area contributed by atoms with Crippen molar-refractivity contribution in [2.45, 2.75) is 12.2 Å². The van der Waals surface area contributed by atoms with Crippen LogP contribution < -0.4 is 0 Å². The maximum Gasteiger partial charge on any atom is 0.144 e. The lowest BCUT2D eigenvalue weighted by molar-refractivity contribution is 0.000112. The largest absolute Gasteiger partial charge is 0.356 e. The summed E-state index contributed by atoms with van der Waals surface area (Å²) in [4.78, 5) is 4.33. The molecule has 0 amide bonds. The summed E-state index contributed by atoms with van der Waals surface area (Å²) in [7, 11) is 0. The number of halogens is 1. The predicted molar refractivity (Wildman–Crippen MR) is 116 cm³/mol. The molecule has 0 N–H and O–H groups in total. The van der Waals surface area contributed by atoms with Gasteiger partial charge in [0, 0.05) is 6.20 Å². The fraction of sp³-hybridized carbons (Fsp3) is 0.0800. The zero-order chi connectivity index (χ0) is 19.2. The highest BCUT2D eigenvalue weighted by atomic mass is 79.9. The number of hydrogen-bond donors (Lipinski definition) is 0. The zero-order valence-electron chi connectivity index (χ0n) is 15.3. The Morgan fingerprint density at radius 1 is 0.643 bits per heavy atom. The van der Waals surface area contributed by atoms with E-state index in [1.165, 1.54) is 0 Å². The van der Waals surface area contributed by atoms with Crippen molar-refractivity contribution < 1.29 is 4.74 Å². The molecule has 0 saturated carbocycles. The molecule has 0 aliphatic heterocycles. The van der Waals surface area contributed by atoms with Crippen molar-refractivity contribution in [3.05, 3.63) is 136 Å². The number of hydrogen-bond acceptors (Lipinski definition) is 2. The Kier molecular flexibility index (Phi) is 5.65. The maximum absolute atomic E-state index is 6.76. The first kappa shape index (κ1) is 18.6. The molecule has 0 saturated heterocycles. The van der Waals surface area contributed by atoms with Gasteiger partial charge in [-0.2, -0.15) is 0 Å². The molecule has 0 fully saturated rings. The van der Waals surface area contributed by atoms with Gasteiger partial charge in [-0.25, -0.2) is 4.98 Å². The standard InChI is InChI=1S/C25H20BrNO/c26-24-17-16-20(18-27-24)19-28-25(21-10-4-1-5-11-21,22-12-6-2-7-13-22)23-14-8-3-9-15-23/h1-18H,19H2. The number of rotatable bonds is 6. The highest BCUT2D eigenvalue weighted by molar-refractivity contribution is 9.10. The lowest BCUT2D eigenvalue weighted by Crippen LogP contribution is -2.32. The van der Waals surface area contributed by atoms with Crippen molar-refractivity contribution >= 4 is 15.9 Å². The average Bonchev–Trinajstić information content (AvgIpc) is 2.78. The molecular formula is C25H20BrNO. The van der Waals surface area contributed by atoms with Gasteiger partial charge in [-0.3, -0.25) is 0 Å². The van der Waals surface area contributed by atoms with Crippen LogP contribution in [-0.4, -0.2) is 4.98 Å². The van der Waals surface area contributed by atoms with Crippen molar-refractivity contribution in [3.8, 4) is 0 Å². The second-order valence-electron chi connectivity index (χ2n) is 6.56. The van der Waals surface area contributed by atoms with Crippen molar-refractivity contribution in [1.29, 1.82) is 0 Å². The third-order valence-electron chi connectivity index (χ3n) is 4.78. The van der Waals surface area contributed by atoms with E-state index < -0.39 is 5.60 Å². The molecule has 138 valence electrons. The number of ether oxygens (including phenoxy) is 1. The van der Waals surface area contributed by atoms with Crippen LogP contribution in [0.3, 0.4) is 0 Å². The second-order valence-corrected chi connectivity index (χ2v) is 7.37. The molecule has 0 bridgehead atoms. The molecular weight excluding hydrogens is 410 g/mol. The Morgan fingerprint density at radius 2 is 1.11 bits per heavy atom. The van der Waals surface area contributed by atoms with Crippen LogP contribution in [0.2, 0.25) is 0 Å². The van der Waals surface area contributed by atoms with Crippen LogP contribution >= 0.6 is 15.9 Å². The highest BCUT2D eigenvalue weighted by Gasteiger charge is 2.37. The minimum atomic E-state index is -0.711. The van der Waals surface area contributed by atoms with Crippen molar-refractivity contribution in [1.82, 2.24) is 4.98 Å². The predicted octanol–water partition coefficient (Wildman–Crippen LogP) is 6.35. The minimum Gasteiger partial charge on any atom is -0.356 e. The first-order valence-corrected chi connectivity index (χ1v) is 9.99. The van der Waals surface area contributed by atoms with E-state index in [9.17, 15) is 0 Å². The zero-order valence-corrected chi connectivity index (χ0v) is 16.9. The van der Waals surface area contributed by atoms with Crippen molar-refractivity contribution in [2.24, 2.45) is 0 Å². The van der Waals surface area contributed by atoms with Gasteiger partial charge in [0.15, 0.2) is 0 Å². The maximum atomic E-state index is 6.76. The fourth-order valence-corrected chi connectivity index (χ4v) is 3.69. The van der Waals surface area contributed by atoms with Crippen molar-refractivity contribution in [3.63, 3.8) is 0 Å². The summed E-state index contributed by atoms with van der Waals surface area (Å²) in [6.45, 7) is 0.443. The second kappa shape index (κ2) is 8.51. The quantitative estimate of drug-likeness (QED) is 0.263. The Hall–Kier alpha value is -2.75. The van der Waals surface area contributed by atoms with Crippen LogP contribution in [0, 0.1) is 0 Å². The van der Waals surface area contributed by atoms with Crippen LogP contribution in [0.5, 0.6) is 0 Å². The summed E-state index contributed by atoms with van der Waals surface area (Å²) < 4.78 is 7.57. The third kappa shape index (κ3) is 3.77. The van der Waals surface area contributed by atoms with Crippen LogP contribution in [0.1, 0.15) is 22.3 Å². The van der Waals surface area contributed by atoms with E-state index in [2.05, 4.69) is 93.7 Å². The number of benzene rings is 3. The lowest BCUT2D eigenvalue weighted by atomic mass is 9.80. The Bertz CT molecular complexity index is 906. The molecule has 3 heteroatoms. The van der Waals surface area contributed by atoms with Gasteiger partial charge in [-0.05, 0) is 44.3 Å². The molecule has 3 aromatic carbocycles. The molecule has 1 heterocycles. The Morgan fingerprint density at radius 3 is 1.50 bits per heavy atom. The lowest BCUT2D eigenvalue weighted by Gasteiger charge is -2.36. The van der Waals surface area contributed by atoms with Crippen LogP contribution in [0.25, 0.3) is 0 Å². The fourth-order valence-electron chi connectivity index (χ4n) is 3.45. The third-order valence-corrected chi connectivity index (χ3v) is 5.25. The van der Waals surface area contributed by atoms with Gasteiger partial charge in [0.1, 0.15) is 10.2 Å². The van der Waals surface area contributed by atoms with Gasteiger partial charge in [0.25, 0.3) is 0 Å². The molecule has 0 atom stereocenters. The molecule has 0 aliphatic rings. The molecule has 0 unspecified atom stereocenters.